The third-order valence-electron chi connectivity index (χ3n) is 6.40. The zero-order chi connectivity index (χ0) is 21.8. The first-order valence-corrected chi connectivity index (χ1v) is 12.0. The van der Waals surface area contributed by atoms with Crippen molar-refractivity contribution in [3.8, 4) is 11.1 Å². The summed E-state index contributed by atoms with van der Waals surface area (Å²) >= 11 is 0. The van der Waals surface area contributed by atoms with Crippen molar-refractivity contribution in [2.45, 2.75) is 90.9 Å². The molecule has 0 fully saturated rings. The second kappa shape index (κ2) is 9.80. The Morgan fingerprint density at radius 1 is 0.839 bits per heavy atom. The van der Waals surface area contributed by atoms with Crippen LogP contribution in [0.3, 0.4) is 0 Å². The first-order chi connectivity index (χ1) is 15.1. The Kier molecular flexibility index (Phi) is 6.89. The first kappa shape index (κ1) is 21.8. The van der Waals surface area contributed by atoms with Gasteiger partial charge in [-0.3, -0.25) is 9.97 Å². The fourth-order valence-corrected chi connectivity index (χ4v) is 4.72. The molecule has 0 unspecified atom stereocenters. The molecular weight excluding hydrogens is 382 g/mol. The maximum absolute atomic E-state index is 5.28. The second-order valence-corrected chi connectivity index (χ2v) is 9.47. The summed E-state index contributed by atoms with van der Waals surface area (Å²) in [6, 6.07) is 4.45. The van der Waals surface area contributed by atoms with Gasteiger partial charge < -0.3 is 0 Å². The summed E-state index contributed by atoms with van der Waals surface area (Å²) in [7, 11) is 0. The van der Waals surface area contributed by atoms with Gasteiger partial charge in [0.15, 0.2) is 0 Å². The third kappa shape index (κ3) is 4.76. The topological polar surface area (TPSA) is 62.9 Å². The van der Waals surface area contributed by atoms with Crippen molar-refractivity contribution in [2.75, 3.05) is 6.54 Å². The number of hydrogen-bond acceptors (Lipinski definition) is 5. The molecular formula is C26H35N5. The Balaban J connectivity index is 2.04. The number of aromatic nitrogens is 2. The minimum Gasteiger partial charge on any atom is -0.261 e. The van der Waals surface area contributed by atoms with Gasteiger partial charge in [0.05, 0.1) is 18.0 Å². The Labute approximate surface area is 186 Å². The lowest BCUT2D eigenvalue weighted by molar-refractivity contribution is 0.706. The summed E-state index contributed by atoms with van der Waals surface area (Å²) in [5.74, 6) is 0.708. The van der Waals surface area contributed by atoms with Crippen molar-refractivity contribution in [3.63, 3.8) is 0 Å². The van der Waals surface area contributed by atoms with E-state index in [1.807, 2.05) is 6.20 Å². The van der Waals surface area contributed by atoms with Crippen LogP contribution in [-0.2, 0) is 12.8 Å². The summed E-state index contributed by atoms with van der Waals surface area (Å²) in [4.78, 5) is 9.92. The van der Waals surface area contributed by atoms with E-state index >= 15 is 0 Å². The molecule has 164 valence electrons. The maximum atomic E-state index is 5.28. The van der Waals surface area contributed by atoms with E-state index in [0.29, 0.717) is 11.8 Å². The number of fused-ring (bicyclic) bond motifs is 1. The monoisotopic (exact) mass is 417 g/mol. The molecule has 5 heteroatoms. The smallest absolute Gasteiger partial charge is 0.0745 e. The molecule has 0 saturated carbocycles. The van der Waals surface area contributed by atoms with Gasteiger partial charge in [-0.05, 0) is 90.8 Å². The van der Waals surface area contributed by atoms with Gasteiger partial charge in [0.25, 0.3) is 0 Å². The van der Waals surface area contributed by atoms with Gasteiger partial charge in [0.2, 0.25) is 0 Å². The van der Waals surface area contributed by atoms with Crippen LogP contribution in [0.1, 0.15) is 106 Å². The van der Waals surface area contributed by atoms with Crippen molar-refractivity contribution in [3.05, 3.63) is 46.5 Å². The van der Waals surface area contributed by atoms with Crippen molar-refractivity contribution in [1.29, 1.82) is 0 Å². The maximum Gasteiger partial charge on any atom is 0.0745 e. The fourth-order valence-electron chi connectivity index (χ4n) is 4.72. The molecule has 0 saturated heterocycles. The Bertz CT molecular complexity index is 988. The molecule has 0 amide bonds. The van der Waals surface area contributed by atoms with Crippen LogP contribution in [0.4, 0.5) is 0 Å². The lowest BCUT2D eigenvalue weighted by Gasteiger charge is -2.24. The van der Waals surface area contributed by atoms with Crippen LogP contribution in [-0.4, -0.2) is 22.2 Å². The summed E-state index contributed by atoms with van der Waals surface area (Å²) in [5, 5.41) is 13.0. The van der Waals surface area contributed by atoms with E-state index in [-0.39, 0.29) is 0 Å². The van der Waals surface area contributed by atoms with Crippen LogP contribution < -0.4 is 0 Å². The Hall–Kier alpha value is -2.43. The van der Waals surface area contributed by atoms with Crippen LogP contribution in [0.15, 0.2) is 33.8 Å². The predicted octanol–water partition coefficient (Wildman–Crippen LogP) is 7.00. The highest BCUT2D eigenvalue weighted by Gasteiger charge is 2.26. The standard InChI is InChI=1S/C26H35N5/c1-17(2)23-16-19(13-15-27-23)24-20-10-6-5-7-11-21(20)29-26(18(3)4)25(24)22-12-8-9-14-28-31-30-22/h13,15-18H,5-12,14H2,1-4H3/b30-22-,31-28?. The number of pyridine rings is 2. The first-order valence-electron chi connectivity index (χ1n) is 12.0. The molecule has 31 heavy (non-hydrogen) atoms. The molecule has 0 bridgehead atoms. The van der Waals surface area contributed by atoms with Crippen molar-refractivity contribution < 1.29 is 0 Å². The van der Waals surface area contributed by atoms with Crippen LogP contribution in [0.25, 0.3) is 11.1 Å². The highest BCUT2D eigenvalue weighted by molar-refractivity contribution is 6.07. The molecule has 5 nitrogen and oxygen atoms in total. The average Bonchev–Trinajstić information content (AvgIpc) is 2.98. The Morgan fingerprint density at radius 3 is 2.45 bits per heavy atom. The molecule has 2 aromatic rings. The lowest BCUT2D eigenvalue weighted by atomic mass is 9.84. The van der Waals surface area contributed by atoms with Crippen molar-refractivity contribution in [1.82, 2.24) is 9.97 Å². The third-order valence-corrected chi connectivity index (χ3v) is 6.40. The van der Waals surface area contributed by atoms with Gasteiger partial charge in [-0.15, -0.1) is 5.10 Å². The van der Waals surface area contributed by atoms with Gasteiger partial charge >= 0.3 is 0 Å². The summed E-state index contributed by atoms with van der Waals surface area (Å²) in [5.41, 5.74) is 9.82. The molecule has 0 atom stereocenters. The van der Waals surface area contributed by atoms with Crippen LogP contribution in [0.5, 0.6) is 0 Å². The molecule has 0 radical (unpaired) electrons. The lowest BCUT2D eigenvalue weighted by Crippen LogP contribution is -2.16. The SMILES string of the molecule is CC(C)c1cc(-c2c3c(nc(C(C)C)c2/C2=N\N=NCCCC2)CCCCC3)ccn1. The molecule has 1 aliphatic heterocycles. The molecule has 3 heterocycles. The minimum atomic E-state index is 0.318. The minimum absolute atomic E-state index is 0.318. The van der Waals surface area contributed by atoms with E-state index in [4.69, 9.17) is 4.98 Å². The number of aryl methyl sites for hydroxylation is 1. The quantitative estimate of drug-likeness (QED) is 0.503. The van der Waals surface area contributed by atoms with Crippen LogP contribution in [0, 0.1) is 0 Å². The number of hydrogen-bond donors (Lipinski definition) is 0. The normalized spacial score (nSPS) is 18.8. The molecule has 0 spiro atoms. The largest absolute Gasteiger partial charge is 0.261 e. The van der Waals surface area contributed by atoms with Gasteiger partial charge in [0.1, 0.15) is 0 Å². The zero-order valence-corrected chi connectivity index (χ0v) is 19.5. The molecule has 2 aliphatic rings. The van der Waals surface area contributed by atoms with Crippen molar-refractivity contribution in [2.24, 2.45) is 15.4 Å². The number of nitrogens with zero attached hydrogens (tertiary/aromatic N) is 5. The van der Waals surface area contributed by atoms with Gasteiger partial charge in [-0.25, -0.2) is 0 Å². The molecule has 0 N–H and O–H groups in total. The summed E-state index contributed by atoms with van der Waals surface area (Å²) in [6.45, 7) is 9.68. The van der Waals surface area contributed by atoms with E-state index in [0.717, 1.165) is 55.7 Å². The molecule has 2 aromatic heterocycles. The van der Waals surface area contributed by atoms with Gasteiger partial charge in [0, 0.05) is 23.1 Å². The fraction of sp³-hybridized carbons (Fsp3) is 0.577. The number of rotatable bonds is 4. The van der Waals surface area contributed by atoms with Crippen LogP contribution >= 0.6 is 0 Å². The van der Waals surface area contributed by atoms with E-state index < -0.39 is 0 Å². The predicted molar refractivity (Wildman–Crippen MR) is 127 cm³/mol. The highest BCUT2D eigenvalue weighted by Crippen LogP contribution is 2.38. The van der Waals surface area contributed by atoms with E-state index in [1.165, 1.54) is 47.2 Å². The second-order valence-electron chi connectivity index (χ2n) is 9.47. The average molecular weight is 418 g/mol. The van der Waals surface area contributed by atoms with Gasteiger partial charge in [-0.2, -0.15) is 5.11 Å². The van der Waals surface area contributed by atoms with E-state index in [2.05, 4.69) is 60.3 Å². The van der Waals surface area contributed by atoms with E-state index in [9.17, 15) is 0 Å². The van der Waals surface area contributed by atoms with Gasteiger partial charge in [-0.1, -0.05) is 34.1 Å². The summed E-state index contributed by atoms with van der Waals surface area (Å²) in [6.07, 6.45) is 10.9. The van der Waals surface area contributed by atoms with E-state index in [1.54, 1.807) is 0 Å². The molecule has 1 aliphatic carbocycles. The molecule has 4 rings (SSSR count). The van der Waals surface area contributed by atoms with Crippen molar-refractivity contribution >= 4 is 5.71 Å². The zero-order valence-electron chi connectivity index (χ0n) is 19.5. The summed E-state index contributed by atoms with van der Waals surface area (Å²) < 4.78 is 0. The Morgan fingerprint density at radius 2 is 1.65 bits per heavy atom. The van der Waals surface area contributed by atoms with Crippen LogP contribution in [0.2, 0.25) is 0 Å². The molecule has 0 aromatic carbocycles. The highest BCUT2D eigenvalue weighted by atomic mass is 15.4.